The maximum atomic E-state index is 13.2. The van der Waals surface area contributed by atoms with Crippen molar-refractivity contribution in [3.05, 3.63) is 30.2 Å². The number of ether oxygens (including phenoxy) is 1. The lowest BCUT2D eigenvalue weighted by Gasteiger charge is -2.39. The minimum atomic E-state index is -4.51. The number of pyridine rings is 1. The number of alkyl halides is 3. The zero-order valence-electron chi connectivity index (χ0n) is 15.9. The van der Waals surface area contributed by atoms with Crippen LogP contribution in [0, 0.1) is 5.41 Å². The fourth-order valence-electron chi connectivity index (χ4n) is 3.79. The summed E-state index contributed by atoms with van der Waals surface area (Å²) < 4.78 is 45.2. The first-order valence-electron chi connectivity index (χ1n) is 9.34. The van der Waals surface area contributed by atoms with Gasteiger partial charge in [-0.25, -0.2) is 9.97 Å². The summed E-state index contributed by atoms with van der Waals surface area (Å²) in [5.41, 5.74) is -0.602. The Balaban J connectivity index is 1.52. The van der Waals surface area contributed by atoms with Gasteiger partial charge in [0.05, 0.1) is 12.8 Å². The standard InChI is InChI=1S/C19H21F3N4OS2/c1-28-17-16(26-8-4-18(5-9-26)6-10-27-12-18)24-11-14(25-17)29-13-3-2-7-23-15(13)19(20,21)22/h2-3,7,11H,4-6,8-10,12H2,1H3. The molecule has 0 unspecified atom stereocenters. The number of aromatic nitrogens is 3. The first-order valence-corrected chi connectivity index (χ1v) is 11.4. The molecule has 29 heavy (non-hydrogen) atoms. The number of halogens is 3. The van der Waals surface area contributed by atoms with Gasteiger partial charge >= 0.3 is 6.18 Å². The number of rotatable bonds is 4. The number of nitrogens with zero attached hydrogens (tertiary/aromatic N) is 4. The van der Waals surface area contributed by atoms with E-state index in [1.165, 1.54) is 23.9 Å². The van der Waals surface area contributed by atoms with E-state index in [0.29, 0.717) is 10.4 Å². The van der Waals surface area contributed by atoms with Gasteiger partial charge in [-0.3, -0.25) is 4.98 Å². The van der Waals surface area contributed by atoms with E-state index < -0.39 is 11.9 Å². The van der Waals surface area contributed by atoms with Crippen molar-refractivity contribution in [1.29, 1.82) is 0 Å². The van der Waals surface area contributed by atoms with Crippen LogP contribution in [0.2, 0.25) is 0 Å². The molecule has 0 aromatic carbocycles. The van der Waals surface area contributed by atoms with Gasteiger partial charge in [-0.1, -0.05) is 11.8 Å². The lowest BCUT2D eigenvalue weighted by molar-refractivity contribution is -0.143. The molecule has 0 aliphatic carbocycles. The van der Waals surface area contributed by atoms with Gasteiger partial charge in [0.25, 0.3) is 0 Å². The fourth-order valence-corrected chi connectivity index (χ4v) is 5.28. The Labute approximate surface area is 175 Å². The molecule has 4 rings (SSSR count). The van der Waals surface area contributed by atoms with Crippen LogP contribution in [-0.2, 0) is 10.9 Å². The van der Waals surface area contributed by atoms with Crippen LogP contribution in [-0.4, -0.2) is 47.5 Å². The molecule has 156 valence electrons. The Hall–Kier alpha value is -1.52. The van der Waals surface area contributed by atoms with Crippen LogP contribution in [0.25, 0.3) is 0 Å². The molecule has 0 N–H and O–H groups in total. The number of hydrogen-bond acceptors (Lipinski definition) is 7. The van der Waals surface area contributed by atoms with E-state index in [0.717, 1.165) is 74.4 Å². The molecule has 2 aliphatic rings. The number of hydrogen-bond donors (Lipinski definition) is 0. The fraction of sp³-hybridized carbons (Fsp3) is 0.526. The second kappa shape index (κ2) is 8.31. The molecule has 4 heterocycles. The van der Waals surface area contributed by atoms with Gasteiger partial charge in [0.15, 0.2) is 11.5 Å². The highest BCUT2D eigenvalue weighted by Gasteiger charge is 2.39. The Kier molecular flexibility index (Phi) is 5.94. The van der Waals surface area contributed by atoms with Crippen molar-refractivity contribution < 1.29 is 17.9 Å². The second-order valence-electron chi connectivity index (χ2n) is 7.28. The maximum absolute atomic E-state index is 13.2. The summed E-state index contributed by atoms with van der Waals surface area (Å²) in [5.74, 6) is 0.804. The Morgan fingerprint density at radius 3 is 2.62 bits per heavy atom. The predicted molar refractivity (Wildman–Crippen MR) is 106 cm³/mol. The molecule has 5 nitrogen and oxygen atoms in total. The number of piperidine rings is 1. The molecule has 2 aliphatic heterocycles. The molecule has 2 fully saturated rings. The van der Waals surface area contributed by atoms with Crippen molar-refractivity contribution in [1.82, 2.24) is 15.0 Å². The van der Waals surface area contributed by atoms with Crippen molar-refractivity contribution in [2.45, 2.75) is 40.4 Å². The summed E-state index contributed by atoms with van der Waals surface area (Å²) in [6, 6.07) is 2.90. The summed E-state index contributed by atoms with van der Waals surface area (Å²) in [4.78, 5) is 14.9. The molecule has 2 aromatic heterocycles. The van der Waals surface area contributed by atoms with Gasteiger partial charge in [-0.2, -0.15) is 13.2 Å². The van der Waals surface area contributed by atoms with Crippen LogP contribution in [0.5, 0.6) is 0 Å². The van der Waals surface area contributed by atoms with Crippen molar-refractivity contribution in [2.24, 2.45) is 5.41 Å². The summed E-state index contributed by atoms with van der Waals surface area (Å²) in [6.45, 7) is 3.46. The van der Waals surface area contributed by atoms with Crippen LogP contribution < -0.4 is 4.90 Å². The van der Waals surface area contributed by atoms with E-state index in [2.05, 4.69) is 19.9 Å². The average Bonchev–Trinajstić information content (AvgIpc) is 3.16. The topological polar surface area (TPSA) is 51.1 Å². The lowest BCUT2D eigenvalue weighted by atomic mass is 9.78. The van der Waals surface area contributed by atoms with E-state index in [1.807, 2.05) is 6.26 Å². The number of anilines is 1. The highest BCUT2D eigenvalue weighted by atomic mass is 32.2. The second-order valence-corrected chi connectivity index (χ2v) is 9.14. The van der Waals surface area contributed by atoms with Crippen LogP contribution >= 0.6 is 23.5 Å². The van der Waals surface area contributed by atoms with Crippen LogP contribution in [0.1, 0.15) is 25.0 Å². The molecule has 2 aromatic rings. The molecule has 0 radical (unpaired) electrons. The Morgan fingerprint density at radius 1 is 1.17 bits per heavy atom. The molecule has 10 heteroatoms. The molecular formula is C19H21F3N4OS2. The Bertz CT molecular complexity index is 865. The van der Waals surface area contributed by atoms with E-state index >= 15 is 0 Å². The van der Waals surface area contributed by atoms with E-state index in [-0.39, 0.29) is 4.90 Å². The average molecular weight is 443 g/mol. The maximum Gasteiger partial charge on any atom is 0.434 e. The summed E-state index contributed by atoms with van der Waals surface area (Å²) in [6.07, 6.45) is 3.33. The lowest BCUT2D eigenvalue weighted by Crippen LogP contribution is -2.41. The Morgan fingerprint density at radius 2 is 1.97 bits per heavy atom. The predicted octanol–water partition coefficient (Wildman–Crippen LogP) is 4.77. The van der Waals surface area contributed by atoms with E-state index in [9.17, 15) is 13.2 Å². The minimum Gasteiger partial charge on any atom is -0.381 e. The van der Waals surface area contributed by atoms with Gasteiger partial charge in [0, 0.05) is 30.8 Å². The zero-order chi connectivity index (χ0) is 20.5. The first-order chi connectivity index (χ1) is 13.9. The normalized spacial score (nSPS) is 19.1. The summed E-state index contributed by atoms with van der Waals surface area (Å²) in [7, 11) is 0. The van der Waals surface area contributed by atoms with Crippen molar-refractivity contribution in [3.63, 3.8) is 0 Å². The smallest absolute Gasteiger partial charge is 0.381 e. The van der Waals surface area contributed by atoms with Crippen molar-refractivity contribution in [3.8, 4) is 0 Å². The van der Waals surface area contributed by atoms with Crippen LogP contribution in [0.15, 0.2) is 39.5 Å². The summed E-state index contributed by atoms with van der Waals surface area (Å²) in [5, 5.41) is 1.15. The zero-order valence-corrected chi connectivity index (χ0v) is 17.5. The molecule has 2 saturated heterocycles. The molecule has 1 spiro atoms. The van der Waals surface area contributed by atoms with E-state index in [1.54, 1.807) is 6.20 Å². The third kappa shape index (κ3) is 4.49. The van der Waals surface area contributed by atoms with Gasteiger partial charge in [-0.05, 0) is 43.1 Å². The first kappa shape index (κ1) is 20.7. The highest BCUT2D eigenvalue weighted by molar-refractivity contribution is 7.99. The van der Waals surface area contributed by atoms with E-state index in [4.69, 9.17) is 4.74 Å². The molecular weight excluding hydrogens is 421 g/mol. The van der Waals surface area contributed by atoms with Crippen LogP contribution in [0.4, 0.5) is 19.0 Å². The minimum absolute atomic E-state index is 0.0234. The quantitative estimate of drug-likeness (QED) is 0.632. The number of thioether (sulfide) groups is 1. The molecule has 0 amide bonds. The van der Waals surface area contributed by atoms with Gasteiger partial charge < -0.3 is 9.64 Å². The van der Waals surface area contributed by atoms with Gasteiger partial charge in [0.1, 0.15) is 10.1 Å². The third-order valence-electron chi connectivity index (χ3n) is 5.46. The van der Waals surface area contributed by atoms with Gasteiger partial charge in [-0.15, -0.1) is 11.8 Å². The largest absolute Gasteiger partial charge is 0.434 e. The SMILES string of the molecule is CSc1nc(Sc2cccnc2C(F)(F)F)cnc1N1CCC2(CCOC2)CC1. The molecule has 0 saturated carbocycles. The third-order valence-corrected chi connectivity index (χ3v) is 7.07. The molecule has 0 atom stereocenters. The van der Waals surface area contributed by atoms with Crippen molar-refractivity contribution >= 4 is 29.3 Å². The van der Waals surface area contributed by atoms with Gasteiger partial charge in [0.2, 0.25) is 0 Å². The van der Waals surface area contributed by atoms with Crippen LogP contribution in [0.3, 0.4) is 0 Å². The molecule has 0 bridgehead atoms. The monoisotopic (exact) mass is 442 g/mol. The summed E-state index contributed by atoms with van der Waals surface area (Å²) >= 11 is 2.39. The van der Waals surface area contributed by atoms with Crippen molar-refractivity contribution in [2.75, 3.05) is 37.5 Å². The highest BCUT2D eigenvalue weighted by Crippen LogP contribution is 2.42.